The van der Waals surface area contributed by atoms with E-state index in [0.29, 0.717) is 0 Å². The van der Waals surface area contributed by atoms with Gasteiger partial charge in [0.15, 0.2) is 0 Å². The van der Waals surface area contributed by atoms with Crippen molar-refractivity contribution in [3.8, 4) is 11.5 Å². The molecule has 0 aliphatic heterocycles. The molecule has 2 aromatic carbocycles. The number of aromatic carboxylic acids is 2. The monoisotopic (exact) mass is 351 g/mol. The molecule has 4 N–H and O–H groups in total. The van der Waals surface area contributed by atoms with Crippen molar-refractivity contribution in [2.24, 2.45) is 0 Å². The minimum Gasteiger partial charge on any atom is -0.507 e. The van der Waals surface area contributed by atoms with E-state index >= 15 is 0 Å². The molecule has 0 aliphatic rings. The largest absolute Gasteiger partial charge is 1.00 e. The maximum atomic E-state index is 10.3. The number of benzene rings is 2. The fourth-order valence-corrected chi connectivity index (χ4v) is 1.31. The van der Waals surface area contributed by atoms with Crippen molar-refractivity contribution in [3.05, 3.63) is 59.7 Å². The summed E-state index contributed by atoms with van der Waals surface area (Å²) in [5.41, 5.74) is -0.134. The molecule has 0 spiro atoms. The van der Waals surface area contributed by atoms with Crippen LogP contribution in [0.1, 0.15) is 20.7 Å². The van der Waals surface area contributed by atoms with Gasteiger partial charge in [-0.15, -0.1) is 0 Å². The zero-order valence-corrected chi connectivity index (χ0v) is 14.9. The van der Waals surface area contributed by atoms with E-state index in [4.69, 9.17) is 20.4 Å². The van der Waals surface area contributed by atoms with E-state index in [1.54, 1.807) is 24.3 Å². The van der Waals surface area contributed by atoms with Crippen LogP contribution < -0.4 is 29.6 Å². The standard InChI is InChI=1S/2C7H6O3.Cr.Na/c2*8-6-4-2-1-3-5(6)7(9)10;;/h2*1-4,8H,(H,9,10);;/q;;;+1. The molecule has 0 radical (unpaired) electrons. The Morgan fingerprint density at radius 3 is 1.14 bits per heavy atom. The van der Waals surface area contributed by atoms with Gasteiger partial charge in [0.25, 0.3) is 0 Å². The van der Waals surface area contributed by atoms with Crippen molar-refractivity contribution in [1.29, 1.82) is 0 Å². The van der Waals surface area contributed by atoms with E-state index in [-0.39, 0.29) is 69.5 Å². The van der Waals surface area contributed by atoms with Crippen molar-refractivity contribution in [2.75, 3.05) is 0 Å². The average molecular weight is 351 g/mol. The first-order valence-electron chi connectivity index (χ1n) is 5.46. The second kappa shape index (κ2) is 11.1. The van der Waals surface area contributed by atoms with Crippen LogP contribution in [0.15, 0.2) is 48.5 Å². The molecule has 0 unspecified atom stereocenters. The van der Waals surface area contributed by atoms with Gasteiger partial charge in [0.2, 0.25) is 0 Å². The molecule has 0 atom stereocenters. The van der Waals surface area contributed by atoms with E-state index in [9.17, 15) is 9.59 Å². The molecule has 2 aromatic rings. The van der Waals surface area contributed by atoms with E-state index < -0.39 is 11.9 Å². The van der Waals surface area contributed by atoms with Crippen molar-refractivity contribution in [3.63, 3.8) is 0 Å². The van der Waals surface area contributed by atoms with Crippen LogP contribution in [-0.4, -0.2) is 32.4 Å². The van der Waals surface area contributed by atoms with Gasteiger partial charge in [-0.3, -0.25) is 0 Å². The van der Waals surface area contributed by atoms with Crippen molar-refractivity contribution in [1.82, 2.24) is 0 Å². The molecule has 6 nitrogen and oxygen atoms in total. The molecule has 2 rings (SSSR count). The zero-order valence-electron chi connectivity index (χ0n) is 11.6. The van der Waals surface area contributed by atoms with Gasteiger partial charge in [-0.2, -0.15) is 0 Å². The molecule has 0 aromatic heterocycles. The molecular weight excluding hydrogens is 339 g/mol. The minimum absolute atomic E-state index is 0. The molecule has 110 valence electrons. The van der Waals surface area contributed by atoms with Crippen LogP contribution in [0.2, 0.25) is 0 Å². The Balaban J connectivity index is 0. The average Bonchev–Trinajstić information content (AvgIpc) is 2.40. The van der Waals surface area contributed by atoms with Crippen molar-refractivity contribution >= 4 is 11.9 Å². The van der Waals surface area contributed by atoms with E-state index in [2.05, 4.69) is 0 Å². The molecular formula is C14H12CrNaO6+. The summed E-state index contributed by atoms with van der Waals surface area (Å²) in [4.78, 5) is 20.5. The summed E-state index contributed by atoms with van der Waals surface area (Å²) in [6.45, 7) is 0. The Morgan fingerprint density at radius 1 is 0.682 bits per heavy atom. The fraction of sp³-hybridized carbons (Fsp3) is 0. The number of hydrogen-bond donors (Lipinski definition) is 4. The number of para-hydroxylation sites is 2. The van der Waals surface area contributed by atoms with Gasteiger partial charge < -0.3 is 20.4 Å². The first kappa shape index (κ1) is 22.8. The van der Waals surface area contributed by atoms with Crippen LogP contribution in [0.5, 0.6) is 11.5 Å². The van der Waals surface area contributed by atoms with Gasteiger partial charge in [-0.1, -0.05) is 24.3 Å². The second-order valence-corrected chi connectivity index (χ2v) is 3.64. The fourth-order valence-electron chi connectivity index (χ4n) is 1.31. The third-order valence-electron chi connectivity index (χ3n) is 2.27. The summed E-state index contributed by atoms with van der Waals surface area (Å²) in [5, 5.41) is 34.6. The summed E-state index contributed by atoms with van der Waals surface area (Å²) >= 11 is 0. The van der Waals surface area contributed by atoms with Crippen LogP contribution in [0.4, 0.5) is 0 Å². The molecule has 0 fully saturated rings. The van der Waals surface area contributed by atoms with Gasteiger partial charge in [-0.25, -0.2) is 9.59 Å². The molecule has 22 heavy (non-hydrogen) atoms. The Labute approximate surface area is 159 Å². The summed E-state index contributed by atoms with van der Waals surface area (Å²) in [5.74, 6) is -2.62. The predicted molar refractivity (Wildman–Crippen MR) is 70.1 cm³/mol. The van der Waals surface area contributed by atoms with Crippen LogP contribution in [0.3, 0.4) is 0 Å². The van der Waals surface area contributed by atoms with Gasteiger partial charge in [0.1, 0.15) is 22.6 Å². The van der Waals surface area contributed by atoms with Gasteiger partial charge in [0.05, 0.1) is 0 Å². The number of hydrogen-bond acceptors (Lipinski definition) is 4. The topological polar surface area (TPSA) is 115 Å². The molecule has 0 saturated carbocycles. The maximum absolute atomic E-state index is 10.3. The van der Waals surface area contributed by atoms with Gasteiger partial charge in [-0.05, 0) is 24.3 Å². The quantitative estimate of drug-likeness (QED) is 0.526. The number of rotatable bonds is 2. The Morgan fingerprint density at radius 2 is 0.955 bits per heavy atom. The Hall–Kier alpha value is -1.49. The SMILES string of the molecule is O=C(O)c1ccccc1O.O=C(O)c1ccccc1O.[Cr].[Na+]. The molecule has 0 heterocycles. The number of carbonyl (C=O) groups is 2. The smallest absolute Gasteiger partial charge is 0.507 e. The summed E-state index contributed by atoms with van der Waals surface area (Å²) in [6.07, 6.45) is 0. The number of phenols is 2. The van der Waals surface area contributed by atoms with Gasteiger partial charge >= 0.3 is 41.5 Å². The molecule has 0 amide bonds. The van der Waals surface area contributed by atoms with E-state index in [1.165, 1.54) is 24.3 Å². The van der Waals surface area contributed by atoms with Crippen LogP contribution in [-0.2, 0) is 17.4 Å². The van der Waals surface area contributed by atoms with Crippen LogP contribution in [0, 0.1) is 0 Å². The summed E-state index contributed by atoms with van der Waals surface area (Å²) in [6, 6.07) is 11.6. The molecule has 0 saturated heterocycles. The molecule has 8 heteroatoms. The second-order valence-electron chi connectivity index (χ2n) is 3.64. The Kier molecular flexibility index (Phi) is 11.5. The predicted octanol–water partition coefficient (Wildman–Crippen LogP) is -0.818. The van der Waals surface area contributed by atoms with E-state index in [1.807, 2.05) is 0 Å². The number of carboxylic acid groups (broad SMARTS) is 2. The zero-order chi connectivity index (χ0) is 15.1. The van der Waals surface area contributed by atoms with Crippen molar-refractivity contribution < 1.29 is 76.9 Å². The summed E-state index contributed by atoms with van der Waals surface area (Å²) in [7, 11) is 0. The van der Waals surface area contributed by atoms with E-state index in [0.717, 1.165) is 0 Å². The number of carboxylic acids is 2. The third kappa shape index (κ3) is 6.98. The van der Waals surface area contributed by atoms with Crippen molar-refractivity contribution in [2.45, 2.75) is 0 Å². The van der Waals surface area contributed by atoms with Crippen LogP contribution in [0.25, 0.3) is 0 Å². The molecule has 0 aliphatic carbocycles. The first-order chi connectivity index (χ1) is 9.43. The maximum Gasteiger partial charge on any atom is 1.00 e. The molecule has 0 bridgehead atoms. The van der Waals surface area contributed by atoms with Crippen LogP contribution >= 0.6 is 0 Å². The Bertz CT molecular complexity index is 577. The minimum atomic E-state index is -1.11. The third-order valence-corrected chi connectivity index (χ3v) is 2.27. The number of aromatic hydroxyl groups is 2. The first-order valence-corrected chi connectivity index (χ1v) is 5.46. The summed E-state index contributed by atoms with van der Waals surface area (Å²) < 4.78 is 0. The van der Waals surface area contributed by atoms with Gasteiger partial charge in [0, 0.05) is 17.4 Å². The normalized spacial score (nSPS) is 8.36.